The molecule has 30 heavy (non-hydrogen) atoms. The van der Waals surface area contributed by atoms with Crippen LogP contribution in [-0.4, -0.2) is 33.0 Å². The van der Waals surface area contributed by atoms with E-state index < -0.39 is 22.0 Å². The average molecular weight is 430 g/mol. The fourth-order valence-electron chi connectivity index (χ4n) is 3.77. The van der Waals surface area contributed by atoms with E-state index >= 15 is 0 Å². The minimum atomic E-state index is -3.44. The van der Waals surface area contributed by atoms with Gasteiger partial charge in [-0.25, -0.2) is 8.42 Å². The zero-order valence-corrected chi connectivity index (χ0v) is 18.2. The van der Waals surface area contributed by atoms with Crippen molar-refractivity contribution in [1.82, 2.24) is 5.32 Å². The number of hydrogen-bond acceptors (Lipinski definition) is 4. The summed E-state index contributed by atoms with van der Waals surface area (Å²) in [6, 6.07) is 14.2. The Labute approximate surface area is 177 Å². The van der Waals surface area contributed by atoms with Crippen LogP contribution < -0.4 is 14.9 Å². The van der Waals surface area contributed by atoms with Crippen molar-refractivity contribution in [2.45, 2.75) is 32.7 Å². The molecule has 2 aromatic rings. The number of sulfonamides is 1. The van der Waals surface area contributed by atoms with Gasteiger partial charge in [0.25, 0.3) is 0 Å². The van der Waals surface area contributed by atoms with E-state index in [1.165, 1.54) is 0 Å². The van der Waals surface area contributed by atoms with E-state index in [2.05, 4.69) is 10.0 Å². The second-order valence-corrected chi connectivity index (χ2v) is 9.33. The molecule has 2 atom stereocenters. The number of anilines is 2. The molecule has 0 spiro atoms. The van der Waals surface area contributed by atoms with Gasteiger partial charge in [0, 0.05) is 18.7 Å². The molecule has 1 aliphatic rings. The van der Waals surface area contributed by atoms with Gasteiger partial charge < -0.3 is 10.2 Å². The first kappa shape index (κ1) is 21.8. The minimum absolute atomic E-state index is 0.0668. The van der Waals surface area contributed by atoms with Crippen LogP contribution in [0.3, 0.4) is 0 Å². The van der Waals surface area contributed by atoms with Gasteiger partial charge in [0.05, 0.1) is 23.9 Å². The van der Waals surface area contributed by atoms with Crippen molar-refractivity contribution in [2.75, 3.05) is 22.4 Å². The molecule has 1 saturated heterocycles. The monoisotopic (exact) mass is 429 g/mol. The van der Waals surface area contributed by atoms with Gasteiger partial charge in [-0.05, 0) is 36.6 Å². The molecular formula is C22H27N3O4S. The third-order valence-corrected chi connectivity index (χ3v) is 5.83. The first-order valence-electron chi connectivity index (χ1n) is 9.95. The third kappa shape index (κ3) is 4.99. The molecule has 2 unspecified atom stereocenters. The van der Waals surface area contributed by atoms with Crippen molar-refractivity contribution in [3.05, 3.63) is 59.7 Å². The fraction of sp³-hybridized carbons (Fsp3) is 0.364. The van der Waals surface area contributed by atoms with Crippen molar-refractivity contribution in [2.24, 2.45) is 5.92 Å². The highest BCUT2D eigenvalue weighted by molar-refractivity contribution is 7.92. The maximum Gasteiger partial charge on any atom is 0.229 e. The van der Waals surface area contributed by atoms with Gasteiger partial charge in [-0.3, -0.25) is 14.3 Å². The van der Waals surface area contributed by atoms with Gasteiger partial charge in [-0.15, -0.1) is 0 Å². The highest BCUT2D eigenvalue weighted by atomic mass is 32.2. The number of hydrogen-bond donors (Lipinski definition) is 2. The molecule has 0 aliphatic carbocycles. The number of nitrogens with one attached hydrogen (secondary N) is 2. The molecule has 0 radical (unpaired) electrons. The van der Waals surface area contributed by atoms with E-state index in [9.17, 15) is 18.0 Å². The lowest BCUT2D eigenvalue weighted by Gasteiger charge is -2.21. The molecule has 2 N–H and O–H groups in total. The topological polar surface area (TPSA) is 95.6 Å². The fourth-order valence-corrected chi connectivity index (χ4v) is 4.35. The highest BCUT2D eigenvalue weighted by Crippen LogP contribution is 2.29. The van der Waals surface area contributed by atoms with Gasteiger partial charge in [0.15, 0.2) is 0 Å². The molecule has 1 fully saturated rings. The quantitative estimate of drug-likeness (QED) is 0.707. The first-order valence-corrected chi connectivity index (χ1v) is 11.8. The summed E-state index contributed by atoms with van der Waals surface area (Å²) < 4.78 is 25.7. The Morgan fingerprint density at radius 1 is 1.17 bits per heavy atom. The van der Waals surface area contributed by atoms with E-state index in [1.54, 1.807) is 36.1 Å². The summed E-state index contributed by atoms with van der Waals surface area (Å²) in [6.45, 7) is 4.16. The van der Waals surface area contributed by atoms with Gasteiger partial charge >= 0.3 is 0 Å². The number of rotatable bonds is 7. The number of nitrogens with zero attached hydrogens (tertiary/aromatic N) is 1. The van der Waals surface area contributed by atoms with E-state index in [4.69, 9.17) is 0 Å². The number of carbonyl (C=O) groups is 2. The molecule has 160 valence electrons. The van der Waals surface area contributed by atoms with Crippen LogP contribution in [0, 0.1) is 5.92 Å². The molecule has 7 nitrogen and oxygen atoms in total. The minimum Gasteiger partial charge on any atom is -0.349 e. The maximum absolute atomic E-state index is 12.9. The molecule has 0 bridgehead atoms. The van der Waals surface area contributed by atoms with Crippen molar-refractivity contribution in [1.29, 1.82) is 0 Å². The Balaban J connectivity index is 1.72. The summed E-state index contributed by atoms with van der Waals surface area (Å²) in [4.78, 5) is 27.2. The van der Waals surface area contributed by atoms with E-state index in [0.717, 1.165) is 23.9 Å². The molecule has 2 amide bonds. The normalized spacial score (nSPS) is 17.6. The Bertz CT molecular complexity index is 1050. The lowest BCUT2D eigenvalue weighted by molar-refractivity contribution is -0.126. The van der Waals surface area contributed by atoms with Gasteiger partial charge in [0.2, 0.25) is 21.8 Å². The number of aryl methyl sites for hydroxylation is 1. The van der Waals surface area contributed by atoms with Gasteiger partial charge in [-0.1, -0.05) is 43.3 Å². The summed E-state index contributed by atoms with van der Waals surface area (Å²) in [5.41, 5.74) is 3.01. The molecule has 1 heterocycles. The zero-order valence-electron chi connectivity index (χ0n) is 17.4. The van der Waals surface area contributed by atoms with Crippen LogP contribution >= 0.6 is 0 Å². The van der Waals surface area contributed by atoms with E-state index in [0.29, 0.717) is 17.8 Å². The number of amides is 2. The van der Waals surface area contributed by atoms with Crippen LogP contribution in [0.2, 0.25) is 0 Å². The Kier molecular flexibility index (Phi) is 6.45. The van der Waals surface area contributed by atoms with Gasteiger partial charge in [0.1, 0.15) is 0 Å². The van der Waals surface area contributed by atoms with Crippen LogP contribution in [0.1, 0.15) is 37.4 Å². The second-order valence-electron chi connectivity index (χ2n) is 7.58. The van der Waals surface area contributed by atoms with Crippen LogP contribution in [0.15, 0.2) is 48.5 Å². The predicted molar refractivity (Wildman–Crippen MR) is 118 cm³/mol. The lowest BCUT2D eigenvalue weighted by atomic mass is 10.0. The SMILES string of the molecule is CCc1ccccc1N1CC(C(=O)NC(C)c2ccccc2NS(C)(=O)=O)CC1=O. The lowest BCUT2D eigenvalue weighted by Crippen LogP contribution is -2.35. The van der Waals surface area contributed by atoms with Crippen molar-refractivity contribution >= 4 is 33.2 Å². The molecule has 0 saturated carbocycles. The predicted octanol–water partition coefficient (Wildman–Crippen LogP) is 2.85. The first-order chi connectivity index (χ1) is 14.2. The molecule has 1 aliphatic heterocycles. The van der Waals surface area contributed by atoms with Crippen molar-refractivity contribution < 1.29 is 18.0 Å². The average Bonchev–Trinajstić information content (AvgIpc) is 3.08. The second kappa shape index (κ2) is 8.87. The summed E-state index contributed by atoms with van der Waals surface area (Å²) >= 11 is 0. The summed E-state index contributed by atoms with van der Waals surface area (Å²) in [6.07, 6.45) is 2.04. The van der Waals surface area contributed by atoms with Crippen molar-refractivity contribution in [3.63, 3.8) is 0 Å². The standard InChI is InChI=1S/C22H27N3O4S/c1-4-16-9-5-8-12-20(16)25-14-17(13-21(25)26)22(27)23-15(2)18-10-6-7-11-19(18)24-30(3,28)29/h5-12,15,17,24H,4,13-14H2,1-3H3,(H,23,27). The summed E-state index contributed by atoms with van der Waals surface area (Å²) in [7, 11) is -3.44. The van der Waals surface area contributed by atoms with E-state index in [-0.39, 0.29) is 18.2 Å². The number of para-hydroxylation sites is 2. The third-order valence-electron chi connectivity index (χ3n) is 5.24. The van der Waals surface area contributed by atoms with Crippen LogP contribution in [-0.2, 0) is 26.0 Å². The Morgan fingerprint density at radius 2 is 1.83 bits per heavy atom. The molecule has 8 heteroatoms. The Hall–Kier alpha value is -2.87. The number of carbonyl (C=O) groups excluding carboxylic acids is 2. The largest absolute Gasteiger partial charge is 0.349 e. The number of benzene rings is 2. The molecular weight excluding hydrogens is 402 g/mol. The van der Waals surface area contributed by atoms with Crippen LogP contribution in [0.4, 0.5) is 11.4 Å². The summed E-state index contributed by atoms with van der Waals surface area (Å²) in [5, 5.41) is 2.93. The van der Waals surface area contributed by atoms with Crippen LogP contribution in [0.5, 0.6) is 0 Å². The molecule has 2 aromatic carbocycles. The van der Waals surface area contributed by atoms with Gasteiger partial charge in [-0.2, -0.15) is 0 Å². The molecule has 3 rings (SSSR count). The Morgan fingerprint density at radius 3 is 2.53 bits per heavy atom. The molecule has 0 aromatic heterocycles. The summed E-state index contributed by atoms with van der Waals surface area (Å²) in [5.74, 6) is -0.746. The maximum atomic E-state index is 12.9. The zero-order chi connectivity index (χ0) is 21.9. The van der Waals surface area contributed by atoms with E-state index in [1.807, 2.05) is 31.2 Å². The van der Waals surface area contributed by atoms with Crippen LogP contribution in [0.25, 0.3) is 0 Å². The highest BCUT2D eigenvalue weighted by Gasteiger charge is 2.36. The smallest absolute Gasteiger partial charge is 0.229 e. The van der Waals surface area contributed by atoms with Crippen molar-refractivity contribution in [3.8, 4) is 0 Å².